The second-order valence-electron chi connectivity index (χ2n) is 6.08. The number of nitriles is 1. The number of nitrogens with one attached hydrogen (secondary N) is 1. The van der Waals surface area contributed by atoms with Gasteiger partial charge in [-0.25, -0.2) is 4.79 Å². The average molecular weight is 401 g/mol. The van der Waals surface area contributed by atoms with Crippen molar-refractivity contribution >= 4 is 29.4 Å². The minimum atomic E-state index is -0.535. The fourth-order valence-electron chi connectivity index (χ4n) is 3.01. The number of carbonyl (C=O) groups excluding carboxylic acids is 2. The Morgan fingerprint density at radius 3 is 2.79 bits per heavy atom. The summed E-state index contributed by atoms with van der Waals surface area (Å²) in [6.07, 6.45) is 1.41. The molecular formula is C20H17ClN2O5. The summed E-state index contributed by atoms with van der Waals surface area (Å²) in [6, 6.07) is 5.12. The molecule has 0 spiro atoms. The van der Waals surface area contributed by atoms with Crippen LogP contribution in [-0.4, -0.2) is 30.1 Å². The van der Waals surface area contributed by atoms with Crippen LogP contribution >= 0.6 is 11.6 Å². The fraction of sp³-hybridized carbons (Fsp3) is 0.250. The maximum Gasteiger partial charge on any atom is 0.340 e. The molecule has 1 aromatic heterocycles. The van der Waals surface area contributed by atoms with Crippen LogP contribution in [0.25, 0.3) is 6.08 Å². The number of ether oxygens (including phenoxy) is 3. The molecule has 0 aliphatic carbocycles. The second kappa shape index (κ2) is 7.79. The normalized spacial score (nSPS) is 12.6. The monoisotopic (exact) mass is 400 g/mol. The van der Waals surface area contributed by atoms with Crippen molar-refractivity contribution in [3.05, 3.63) is 50.8 Å². The lowest BCUT2D eigenvalue weighted by Gasteiger charge is -2.04. The van der Waals surface area contributed by atoms with Gasteiger partial charge in [0.1, 0.15) is 11.6 Å². The molecule has 0 amide bonds. The van der Waals surface area contributed by atoms with E-state index in [1.807, 2.05) is 6.07 Å². The predicted octanol–water partition coefficient (Wildman–Crippen LogP) is 3.98. The first-order valence-corrected chi connectivity index (χ1v) is 8.87. The number of esters is 1. The number of halogens is 1. The standard InChI is InChI=1S/C20H17ClN2O5/c1-4-26-20(25)16-10(2)17(23-11(16)3)18(24)13(8-22)5-12-6-14(21)19-15(7-12)27-9-28-19/h5-7,23H,4,9H2,1-3H3/b13-5+. The zero-order valence-electron chi connectivity index (χ0n) is 15.5. The molecule has 0 fully saturated rings. The molecule has 1 aliphatic heterocycles. The highest BCUT2D eigenvalue weighted by molar-refractivity contribution is 6.32. The lowest BCUT2D eigenvalue weighted by Crippen LogP contribution is -2.08. The van der Waals surface area contributed by atoms with E-state index in [4.69, 9.17) is 25.8 Å². The summed E-state index contributed by atoms with van der Waals surface area (Å²) in [7, 11) is 0. The van der Waals surface area contributed by atoms with E-state index in [0.29, 0.717) is 38.9 Å². The zero-order valence-corrected chi connectivity index (χ0v) is 16.3. The van der Waals surface area contributed by atoms with Crippen LogP contribution < -0.4 is 9.47 Å². The predicted molar refractivity (Wildman–Crippen MR) is 102 cm³/mol. The summed E-state index contributed by atoms with van der Waals surface area (Å²) >= 11 is 6.15. The number of rotatable bonds is 5. The van der Waals surface area contributed by atoms with E-state index < -0.39 is 11.8 Å². The van der Waals surface area contributed by atoms with E-state index in [-0.39, 0.29) is 24.7 Å². The highest BCUT2D eigenvalue weighted by atomic mass is 35.5. The van der Waals surface area contributed by atoms with Gasteiger partial charge in [0, 0.05) is 5.69 Å². The SMILES string of the molecule is CCOC(=O)c1c(C)[nH]c(C(=O)/C(C#N)=C/c2cc(Cl)c3c(c2)OCO3)c1C. The number of aromatic amines is 1. The fourth-order valence-corrected chi connectivity index (χ4v) is 3.28. The van der Waals surface area contributed by atoms with Crippen molar-refractivity contribution in [2.24, 2.45) is 0 Å². The van der Waals surface area contributed by atoms with E-state index >= 15 is 0 Å². The van der Waals surface area contributed by atoms with Crippen LogP contribution in [-0.2, 0) is 4.74 Å². The van der Waals surface area contributed by atoms with Gasteiger partial charge >= 0.3 is 5.97 Å². The van der Waals surface area contributed by atoms with Crippen molar-refractivity contribution in [2.75, 3.05) is 13.4 Å². The van der Waals surface area contributed by atoms with Crippen LogP contribution in [0, 0.1) is 25.2 Å². The van der Waals surface area contributed by atoms with E-state index in [2.05, 4.69) is 4.98 Å². The summed E-state index contributed by atoms with van der Waals surface area (Å²) in [5, 5.41) is 9.83. The Bertz CT molecular complexity index is 1050. The first kappa shape index (κ1) is 19.5. The molecule has 8 heteroatoms. The van der Waals surface area contributed by atoms with E-state index in [1.165, 1.54) is 6.08 Å². The van der Waals surface area contributed by atoms with E-state index in [0.717, 1.165) is 0 Å². The number of Topliss-reactive ketones (excluding diaryl/α,β-unsaturated/α-hetero) is 1. The van der Waals surface area contributed by atoms with Crippen LogP contribution in [0.4, 0.5) is 0 Å². The number of aryl methyl sites for hydroxylation is 1. The van der Waals surface area contributed by atoms with Crippen LogP contribution in [0.5, 0.6) is 11.5 Å². The first-order chi connectivity index (χ1) is 13.4. The maximum absolute atomic E-state index is 12.9. The first-order valence-electron chi connectivity index (χ1n) is 8.49. The third-order valence-electron chi connectivity index (χ3n) is 4.27. The minimum Gasteiger partial charge on any atom is -0.462 e. The van der Waals surface area contributed by atoms with Crippen molar-refractivity contribution in [1.29, 1.82) is 5.26 Å². The van der Waals surface area contributed by atoms with Gasteiger partial charge in [0.2, 0.25) is 12.6 Å². The second-order valence-corrected chi connectivity index (χ2v) is 6.49. The van der Waals surface area contributed by atoms with Gasteiger partial charge in [-0.3, -0.25) is 4.79 Å². The van der Waals surface area contributed by atoms with Gasteiger partial charge in [0.25, 0.3) is 0 Å². The molecule has 1 aromatic carbocycles. The molecule has 1 N–H and O–H groups in total. The lowest BCUT2D eigenvalue weighted by molar-refractivity contribution is 0.0525. The number of nitrogens with zero attached hydrogens (tertiary/aromatic N) is 1. The summed E-state index contributed by atoms with van der Waals surface area (Å²) in [6.45, 7) is 5.29. The number of benzene rings is 1. The van der Waals surface area contributed by atoms with Gasteiger partial charge in [0.05, 0.1) is 22.9 Å². The van der Waals surface area contributed by atoms with Gasteiger partial charge in [-0.05, 0) is 50.1 Å². The molecule has 28 heavy (non-hydrogen) atoms. The summed E-state index contributed by atoms with van der Waals surface area (Å²) in [4.78, 5) is 27.9. The lowest BCUT2D eigenvalue weighted by atomic mass is 10.0. The van der Waals surface area contributed by atoms with Crippen molar-refractivity contribution in [1.82, 2.24) is 4.98 Å². The molecule has 2 heterocycles. The number of hydrogen-bond donors (Lipinski definition) is 1. The number of H-pyrrole nitrogens is 1. The van der Waals surface area contributed by atoms with Gasteiger partial charge in [0.15, 0.2) is 11.5 Å². The summed E-state index contributed by atoms with van der Waals surface area (Å²) in [5.41, 5.74) is 1.81. The zero-order chi connectivity index (χ0) is 20.4. The van der Waals surface area contributed by atoms with Crippen LogP contribution in [0.2, 0.25) is 5.02 Å². The third-order valence-corrected chi connectivity index (χ3v) is 4.55. The molecule has 0 saturated heterocycles. The van der Waals surface area contributed by atoms with E-state index in [9.17, 15) is 14.9 Å². The minimum absolute atomic E-state index is 0.0594. The number of aromatic nitrogens is 1. The van der Waals surface area contributed by atoms with Gasteiger partial charge in [-0.2, -0.15) is 5.26 Å². The molecular weight excluding hydrogens is 384 g/mol. The smallest absolute Gasteiger partial charge is 0.340 e. The summed E-state index contributed by atoms with van der Waals surface area (Å²) in [5.74, 6) is -0.177. The Hall–Kier alpha value is -3.24. The highest BCUT2D eigenvalue weighted by Crippen LogP contribution is 2.40. The van der Waals surface area contributed by atoms with Crippen LogP contribution in [0.3, 0.4) is 0 Å². The Kier molecular flexibility index (Phi) is 5.43. The summed E-state index contributed by atoms with van der Waals surface area (Å²) < 4.78 is 15.6. The van der Waals surface area contributed by atoms with Crippen LogP contribution in [0.15, 0.2) is 17.7 Å². The molecule has 3 rings (SSSR count). The number of ketones is 1. The number of hydrogen-bond acceptors (Lipinski definition) is 6. The number of carbonyl (C=O) groups is 2. The number of fused-ring (bicyclic) bond motifs is 1. The molecule has 0 unspecified atom stereocenters. The molecule has 144 valence electrons. The molecule has 0 saturated carbocycles. The molecule has 7 nitrogen and oxygen atoms in total. The quantitative estimate of drug-likeness (QED) is 0.352. The Labute approximate surface area is 166 Å². The molecule has 1 aliphatic rings. The van der Waals surface area contributed by atoms with E-state index in [1.54, 1.807) is 32.9 Å². The van der Waals surface area contributed by atoms with Gasteiger partial charge < -0.3 is 19.2 Å². The van der Waals surface area contributed by atoms with Crippen molar-refractivity contribution < 1.29 is 23.8 Å². The Morgan fingerprint density at radius 2 is 2.11 bits per heavy atom. The molecule has 0 bridgehead atoms. The van der Waals surface area contributed by atoms with Crippen LogP contribution in [0.1, 0.15) is 44.6 Å². The van der Waals surface area contributed by atoms with Gasteiger partial charge in [-0.1, -0.05) is 11.6 Å². The average Bonchev–Trinajstić information content (AvgIpc) is 3.23. The van der Waals surface area contributed by atoms with Crippen molar-refractivity contribution in [3.63, 3.8) is 0 Å². The number of allylic oxidation sites excluding steroid dienone is 1. The van der Waals surface area contributed by atoms with Crippen molar-refractivity contribution in [2.45, 2.75) is 20.8 Å². The Balaban J connectivity index is 1.99. The molecule has 2 aromatic rings. The Morgan fingerprint density at radius 1 is 1.36 bits per heavy atom. The maximum atomic E-state index is 12.9. The van der Waals surface area contributed by atoms with Gasteiger partial charge in [-0.15, -0.1) is 0 Å². The van der Waals surface area contributed by atoms with Crippen molar-refractivity contribution in [3.8, 4) is 17.6 Å². The topological polar surface area (TPSA) is 101 Å². The molecule has 0 radical (unpaired) electrons. The largest absolute Gasteiger partial charge is 0.462 e. The third kappa shape index (κ3) is 3.47. The highest BCUT2D eigenvalue weighted by Gasteiger charge is 2.25. The molecule has 0 atom stereocenters.